The van der Waals surface area contributed by atoms with Crippen molar-refractivity contribution in [2.24, 2.45) is 5.41 Å². The molecule has 9 heteroatoms. The van der Waals surface area contributed by atoms with Gasteiger partial charge in [-0.1, -0.05) is 93.1 Å². The van der Waals surface area contributed by atoms with Crippen LogP contribution < -0.4 is 10.6 Å². The van der Waals surface area contributed by atoms with Crippen molar-refractivity contribution >= 4 is 45.2 Å². The summed E-state index contributed by atoms with van der Waals surface area (Å²) in [5.74, 6) is -1.61. The van der Waals surface area contributed by atoms with Crippen molar-refractivity contribution in [1.29, 1.82) is 0 Å². The third-order valence-electron chi connectivity index (χ3n) is 7.70. The van der Waals surface area contributed by atoms with E-state index in [-0.39, 0.29) is 17.9 Å². The quantitative estimate of drug-likeness (QED) is 0.184. The van der Waals surface area contributed by atoms with Crippen LogP contribution in [0.1, 0.15) is 77.7 Å². The standard InChI is InChI=1S/C37H41ClN2O5S/c1-25-23-31(38)15-18-33(25)28-13-16-32(17-14-28)40-36(42)34(29-9-5-26(6-10-29)19-20-37(2,3)4)24-27-7-11-30(12-8-27)35(41)39-21-22-46(43,44)45/h5-13,15-16,18-20,23,34H,14,17,21-22,24H2,1-4H3,(H,39,41)(H,40,42)(H,43,44,45)/b20-19+/t34-/m1/s1. The SMILES string of the molecule is Cc1cc(Cl)ccc1C1=CC=C(NC(=O)[C@H](Cc2ccc(C(=O)NCCS(=O)(=O)O)cc2)c2ccc(/C=C/C(C)(C)C)cc2)CC1. The first-order valence-corrected chi connectivity index (χ1v) is 17.2. The van der Waals surface area contributed by atoms with Gasteiger partial charge in [-0.3, -0.25) is 14.1 Å². The summed E-state index contributed by atoms with van der Waals surface area (Å²) in [6, 6.07) is 20.8. The highest BCUT2D eigenvalue weighted by Crippen LogP contribution is 2.30. The van der Waals surface area contributed by atoms with Crippen LogP contribution in [0.2, 0.25) is 5.02 Å². The molecule has 1 atom stereocenters. The molecule has 242 valence electrons. The fraction of sp³-hybridized carbons (Fsp3) is 0.297. The van der Waals surface area contributed by atoms with Gasteiger partial charge >= 0.3 is 0 Å². The number of carbonyl (C=O) groups excluding carboxylic acids is 2. The molecular formula is C37H41ClN2O5S. The van der Waals surface area contributed by atoms with Crippen LogP contribution in [0.15, 0.2) is 90.7 Å². The first-order chi connectivity index (χ1) is 21.7. The lowest BCUT2D eigenvalue weighted by Gasteiger charge is -2.22. The number of hydrogen-bond acceptors (Lipinski definition) is 4. The summed E-state index contributed by atoms with van der Waals surface area (Å²) in [6.07, 6.45) is 10.2. The summed E-state index contributed by atoms with van der Waals surface area (Å²) < 4.78 is 30.8. The predicted octanol–water partition coefficient (Wildman–Crippen LogP) is 7.53. The molecule has 3 N–H and O–H groups in total. The number of allylic oxidation sites excluding steroid dienone is 5. The average Bonchev–Trinajstić information content (AvgIpc) is 2.99. The first-order valence-electron chi connectivity index (χ1n) is 15.3. The van der Waals surface area contributed by atoms with Crippen molar-refractivity contribution in [2.75, 3.05) is 12.3 Å². The van der Waals surface area contributed by atoms with Gasteiger partial charge in [0.15, 0.2) is 0 Å². The van der Waals surface area contributed by atoms with Gasteiger partial charge in [-0.05, 0) is 95.3 Å². The van der Waals surface area contributed by atoms with E-state index in [1.165, 1.54) is 5.57 Å². The third kappa shape index (κ3) is 10.5. The van der Waals surface area contributed by atoms with E-state index < -0.39 is 27.7 Å². The van der Waals surface area contributed by atoms with Crippen molar-refractivity contribution in [3.8, 4) is 0 Å². The maximum absolute atomic E-state index is 13.8. The maximum Gasteiger partial charge on any atom is 0.266 e. The zero-order valence-corrected chi connectivity index (χ0v) is 28.2. The van der Waals surface area contributed by atoms with Gasteiger partial charge < -0.3 is 10.6 Å². The summed E-state index contributed by atoms with van der Waals surface area (Å²) in [5, 5.41) is 6.36. The average molecular weight is 661 g/mol. The van der Waals surface area contributed by atoms with E-state index in [4.69, 9.17) is 16.2 Å². The lowest BCUT2D eigenvalue weighted by Crippen LogP contribution is -2.30. The number of halogens is 1. The van der Waals surface area contributed by atoms with Gasteiger partial charge in [0, 0.05) is 22.8 Å². The summed E-state index contributed by atoms with van der Waals surface area (Å²) in [5.41, 5.74) is 7.51. The van der Waals surface area contributed by atoms with Gasteiger partial charge in [-0.15, -0.1) is 0 Å². The van der Waals surface area contributed by atoms with E-state index in [1.54, 1.807) is 24.3 Å². The van der Waals surface area contributed by atoms with Crippen LogP contribution in [-0.2, 0) is 21.3 Å². The Hall–Kier alpha value is -3.98. The predicted molar refractivity (Wildman–Crippen MR) is 186 cm³/mol. The number of benzene rings is 3. The van der Waals surface area contributed by atoms with Gasteiger partial charge in [-0.25, -0.2) is 0 Å². The Labute approximate surface area is 277 Å². The minimum Gasteiger partial charge on any atom is -0.351 e. The van der Waals surface area contributed by atoms with E-state index in [1.807, 2.05) is 55.5 Å². The molecule has 2 amide bonds. The number of hydrogen-bond donors (Lipinski definition) is 3. The monoisotopic (exact) mass is 660 g/mol. The van der Waals surface area contributed by atoms with Gasteiger partial charge in [0.25, 0.3) is 16.0 Å². The Morgan fingerprint density at radius 3 is 2.26 bits per heavy atom. The van der Waals surface area contributed by atoms with Crippen molar-refractivity contribution in [3.05, 3.63) is 129 Å². The van der Waals surface area contributed by atoms with E-state index >= 15 is 0 Å². The zero-order valence-electron chi connectivity index (χ0n) is 26.6. The Morgan fingerprint density at radius 1 is 0.978 bits per heavy atom. The van der Waals surface area contributed by atoms with Crippen molar-refractivity contribution in [1.82, 2.24) is 10.6 Å². The number of nitrogens with one attached hydrogen (secondary N) is 2. The van der Waals surface area contributed by atoms with E-state index in [0.717, 1.165) is 39.9 Å². The molecule has 0 saturated heterocycles. The molecule has 0 radical (unpaired) electrons. The highest BCUT2D eigenvalue weighted by atomic mass is 35.5. The minimum absolute atomic E-state index is 0.0506. The maximum atomic E-state index is 13.8. The second-order valence-corrected chi connectivity index (χ2v) is 14.7. The number of amides is 2. The van der Waals surface area contributed by atoms with Crippen LogP contribution in [0.3, 0.4) is 0 Å². The molecule has 4 rings (SSSR count). The molecule has 0 heterocycles. The fourth-order valence-electron chi connectivity index (χ4n) is 5.17. The van der Waals surface area contributed by atoms with Gasteiger partial charge in [0.2, 0.25) is 5.91 Å². The fourth-order valence-corrected chi connectivity index (χ4v) is 5.76. The molecule has 0 aliphatic heterocycles. The summed E-state index contributed by atoms with van der Waals surface area (Å²) >= 11 is 6.14. The second-order valence-electron chi connectivity index (χ2n) is 12.7. The molecule has 0 saturated carbocycles. The molecule has 0 fully saturated rings. The molecule has 3 aromatic carbocycles. The molecular weight excluding hydrogens is 620 g/mol. The molecule has 0 aromatic heterocycles. The summed E-state index contributed by atoms with van der Waals surface area (Å²) in [7, 11) is -4.17. The Balaban J connectivity index is 1.53. The zero-order chi connectivity index (χ0) is 33.5. The minimum atomic E-state index is -4.17. The number of aryl methyl sites for hydroxylation is 1. The van der Waals surface area contributed by atoms with E-state index in [2.05, 4.69) is 49.6 Å². The molecule has 0 unspecified atom stereocenters. The first kappa shape index (κ1) is 34.9. The summed E-state index contributed by atoms with van der Waals surface area (Å²) in [4.78, 5) is 26.3. The smallest absolute Gasteiger partial charge is 0.266 e. The third-order valence-corrected chi connectivity index (χ3v) is 8.66. The van der Waals surface area contributed by atoms with Crippen LogP contribution in [0.4, 0.5) is 0 Å². The highest BCUT2D eigenvalue weighted by molar-refractivity contribution is 7.85. The van der Waals surface area contributed by atoms with Crippen molar-refractivity contribution in [3.63, 3.8) is 0 Å². The highest BCUT2D eigenvalue weighted by Gasteiger charge is 2.23. The molecule has 0 bridgehead atoms. The van der Waals surface area contributed by atoms with Crippen molar-refractivity contribution < 1.29 is 22.6 Å². The molecule has 1 aliphatic rings. The second kappa shape index (κ2) is 15.1. The Kier molecular flexibility index (Phi) is 11.4. The van der Waals surface area contributed by atoms with Crippen LogP contribution in [0, 0.1) is 12.3 Å². The molecule has 1 aliphatic carbocycles. The number of rotatable bonds is 11. The Morgan fingerprint density at radius 2 is 1.67 bits per heavy atom. The molecule has 7 nitrogen and oxygen atoms in total. The Bertz CT molecular complexity index is 1770. The number of carbonyl (C=O) groups is 2. The topological polar surface area (TPSA) is 113 Å². The van der Waals surface area contributed by atoms with Crippen LogP contribution in [-0.4, -0.2) is 37.1 Å². The van der Waals surface area contributed by atoms with Crippen LogP contribution in [0.5, 0.6) is 0 Å². The molecule has 0 spiro atoms. The molecule has 3 aromatic rings. The lowest BCUT2D eigenvalue weighted by molar-refractivity contribution is -0.121. The van der Waals surface area contributed by atoms with Gasteiger partial charge in [0.1, 0.15) is 0 Å². The van der Waals surface area contributed by atoms with Gasteiger partial charge in [-0.2, -0.15) is 8.42 Å². The van der Waals surface area contributed by atoms with Crippen LogP contribution >= 0.6 is 11.6 Å². The van der Waals surface area contributed by atoms with Crippen LogP contribution in [0.25, 0.3) is 11.6 Å². The normalized spacial score (nSPS) is 14.4. The van der Waals surface area contributed by atoms with E-state index in [9.17, 15) is 18.0 Å². The van der Waals surface area contributed by atoms with Gasteiger partial charge in [0.05, 0.1) is 11.7 Å². The largest absolute Gasteiger partial charge is 0.351 e. The van der Waals surface area contributed by atoms with Crippen molar-refractivity contribution in [2.45, 2.75) is 52.9 Å². The lowest BCUT2D eigenvalue weighted by atomic mass is 9.89. The molecule has 46 heavy (non-hydrogen) atoms. The summed E-state index contributed by atoms with van der Waals surface area (Å²) in [6.45, 7) is 8.26. The van der Waals surface area contributed by atoms with E-state index in [0.29, 0.717) is 23.4 Å².